The standard InChI is InChI=1S/C28H28O6/c1-31-22-12-6-10-20(16-22)27(29)33-24-14-15-26(25(18-24)19-8-4-3-5-9-19)34-28(30)21-11-7-13-23(17-21)32-2/h6-7,10-19H,3-5,8-9H2,1-2H3. The van der Waals surface area contributed by atoms with Crippen molar-refractivity contribution in [1.29, 1.82) is 0 Å². The highest BCUT2D eigenvalue weighted by Gasteiger charge is 2.23. The highest BCUT2D eigenvalue weighted by Crippen LogP contribution is 2.39. The molecule has 3 aromatic carbocycles. The summed E-state index contributed by atoms with van der Waals surface area (Å²) >= 11 is 0. The van der Waals surface area contributed by atoms with Crippen LogP contribution in [0.2, 0.25) is 0 Å². The van der Waals surface area contributed by atoms with Crippen molar-refractivity contribution >= 4 is 11.9 Å². The monoisotopic (exact) mass is 460 g/mol. The topological polar surface area (TPSA) is 71.1 Å². The van der Waals surface area contributed by atoms with Gasteiger partial charge in [-0.2, -0.15) is 0 Å². The second-order valence-electron chi connectivity index (χ2n) is 8.28. The van der Waals surface area contributed by atoms with Crippen LogP contribution in [-0.2, 0) is 0 Å². The molecule has 34 heavy (non-hydrogen) atoms. The van der Waals surface area contributed by atoms with E-state index in [-0.39, 0.29) is 5.92 Å². The fraction of sp³-hybridized carbons (Fsp3) is 0.286. The van der Waals surface area contributed by atoms with E-state index in [9.17, 15) is 9.59 Å². The molecule has 0 amide bonds. The molecule has 0 saturated heterocycles. The Kier molecular flexibility index (Phi) is 7.48. The molecule has 0 aromatic heterocycles. The summed E-state index contributed by atoms with van der Waals surface area (Å²) in [6.07, 6.45) is 5.41. The lowest BCUT2D eigenvalue weighted by Crippen LogP contribution is -2.14. The van der Waals surface area contributed by atoms with Crippen LogP contribution in [0.15, 0.2) is 66.7 Å². The molecule has 6 heteroatoms. The Labute approximate surface area is 199 Å². The smallest absolute Gasteiger partial charge is 0.343 e. The summed E-state index contributed by atoms with van der Waals surface area (Å²) in [5, 5.41) is 0. The lowest BCUT2D eigenvalue weighted by molar-refractivity contribution is 0.0717. The number of methoxy groups -OCH3 is 2. The van der Waals surface area contributed by atoms with Crippen molar-refractivity contribution in [3.8, 4) is 23.0 Å². The third-order valence-electron chi connectivity index (χ3n) is 6.05. The number of hydrogen-bond acceptors (Lipinski definition) is 6. The molecule has 0 atom stereocenters. The van der Waals surface area contributed by atoms with Crippen LogP contribution in [0.25, 0.3) is 0 Å². The molecule has 3 aromatic rings. The summed E-state index contributed by atoms with van der Waals surface area (Å²) in [7, 11) is 3.10. The number of benzene rings is 3. The van der Waals surface area contributed by atoms with Crippen molar-refractivity contribution in [2.24, 2.45) is 0 Å². The number of rotatable bonds is 7. The maximum absolute atomic E-state index is 12.9. The predicted octanol–water partition coefficient (Wildman–Crippen LogP) is 6.19. The number of carbonyl (C=O) groups is 2. The Morgan fingerprint density at radius 1 is 0.676 bits per heavy atom. The van der Waals surface area contributed by atoms with Crippen LogP contribution in [0, 0.1) is 0 Å². The normalized spacial score (nSPS) is 13.7. The molecule has 1 aliphatic carbocycles. The number of ether oxygens (including phenoxy) is 4. The first kappa shape index (κ1) is 23.4. The van der Waals surface area contributed by atoms with Crippen molar-refractivity contribution < 1.29 is 28.5 Å². The highest BCUT2D eigenvalue weighted by molar-refractivity contribution is 5.92. The van der Waals surface area contributed by atoms with Gasteiger partial charge in [-0.25, -0.2) is 9.59 Å². The number of esters is 2. The van der Waals surface area contributed by atoms with Crippen molar-refractivity contribution in [1.82, 2.24) is 0 Å². The van der Waals surface area contributed by atoms with Crippen LogP contribution in [0.4, 0.5) is 0 Å². The van der Waals surface area contributed by atoms with Crippen LogP contribution in [0.5, 0.6) is 23.0 Å². The van der Waals surface area contributed by atoms with Gasteiger partial charge in [-0.05, 0) is 73.4 Å². The molecule has 4 rings (SSSR count). The highest BCUT2D eigenvalue weighted by atomic mass is 16.5. The third kappa shape index (κ3) is 5.57. The Balaban J connectivity index is 1.59. The summed E-state index contributed by atoms with van der Waals surface area (Å²) in [4.78, 5) is 25.6. The number of hydrogen-bond donors (Lipinski definition) is 0. The van der Waals surface area contributed by atoms with Gasteiger partial charge in [-0.1, -0.05) is 31.4 Å². The van der Waals surface area contributed by atoms with E-state index in [1.807, 2.05) is 6.07 Å². The summed E-state index contributed by atoms with van der Waals surface area (Å²) < 4.78 is 21.9. The van der Waals surface area contributed by atoms with Gasteiger partial charge in [-0.15, -0.1) is 0 Å². The van der Waals surface area contributed by atoms with Crippen molar-refractivity contribution in [2.75, 3.05) is 14.2 Å². The van der Waals surface area contributed by atoms with E-state index in [1.54, 1.807) is 74.9 Å². The molecule has 6 nitrogen and oxygen atoms in total. The Morgan fingerprint density at radius 3 is 1.85 bits per heavy atom. The maximum Gasteiger partial charge on any atom is 0.343 e. The average Bonchev–Trinajstić information content (AvgIpc) is 2.90. The predicted molar refractivity (Wildman–Crippen MR) is 128 cm³/mol. The molecule has 1 saturated carbocycles. The summed E-state index contributed by atoms with van der Waals surface area (Å²) in [5.74, 6) is 1.36. The van der Waals surface area contributed by atoms with Gasteiger partial charge in [-0.3, -0.25) is 0 Å². The largest absolute Gasteiger partial charge is 0.497 e. The summed E-state index contributed by atoms with van der Waals surface area (Å²) in [5.41, 5.74) is 1.68. The molecule has 0 heterocycles. The van der Waals surface area contributed by atoms with Crippen LogP contribution in [0.1, 0.15) is 64.3 Å². The van der Waals surface area contributed by atoms with Crippen LogP contribution < -0.4 is 18.9 Å². The third-order valence-corrected chi connectivity index (χ3v) is 6.05. The zero-order valence-corrected chi connectivity index (χ0v) is 19.4. The molecule has 0 bridgehead atoms. The van der Waals surface area contributed by atoms with Gasteiger partial charge >= 0.3 is 11.9 Å². The zero-order valence-electron chi connectivity index (χ0n) is 19.4. The Bertz CT molecular complexity index is 1160. The minimum absolute atomic E-state index is 0.234. The molecule has 176 valence electrons. The second kappa shape index (κ2) is 10.9. The van der Waals surface area contributed by atoms with Gasteiger partial charge in [0.05, 0.1) is 25.3 Å². The summed E-state index contributed by atoms with van der Waals surface area (Å²) in [6, 6.07) is 18.9. The van der Waals surface area contributed by atoms with Crippen molar-refractivity contribution in [3.05, 3.63) is 83.4 Å². The SMILES string of the molecule is COc1cccc(C(=O)Oc2ccc(OC(=O)c3cccc(OC)c3)c(C3CCCCC3)c2)c1. The molecule has 0 spiro atoms. The Morgan fingerprint density at radius 2 is 1.26 bits per heavy atom. The van der Waals surface area contributed by atoms with Gasteiger partial charge in [0.15, 0.2) is 0 Å². The van der Waals surface area contributed by atoms with Crippen LogP contribution in [-0.4, -0.2) is 26.2 Å². The van der Waals surface area contributed by atoms with E-state index in [0.29, 0.717) is 34.1 Å². The van der Waals surface area contributed by atoms with E-state index in [0.717, 1.165) is 31.2 Å². The van der Waals surface area contributed by atoms with Crippen molar-refractivity contribution in [3.63, 3.8) is 0 Å². The molecular formula is C28H28O6. The Hall–Kier alpha value is -3.80. The van der Waals surface area contributed by atoms with Gasteiger partial charge in [0.1, 0.15) is 23.0 Å². The molecule has 1 fully saturated rings. The van der Waals surface area contributed by atoms with Gasteiger partial charge in [0, 0.05) is 5.56 Å². The van der Waals surface area contributed by atoms with Gasteiger partial charge < -0.3 is 18.9 Å². The molecule has 0 unspecified atom stereocenters. The lowest BCUT2D eigenvalue weighted by Gasteiger charge is -2.24. The first-order valence-corrected chi connectivity index (χ1v) is 11.4. The fourth-order valence-corrected chi connectivity index (χ4v) is 4.24. The van der Waals surface area contributed by atoms with E-state index < -0.39 is 11.9 Å². The molecule has 0 N–H and O–H groups in total. The average molecular weight is 461 g/mol. The molecule has 0 aliphatic heterocycles. The van der Waals surface area contributed by atoms with Gasteiger partial charge in [0.25, 0.3) is 0 Å². The summed E-state index contributed by atoms with van der Waals surface area (Å²) in [6.45, 7) is 0. The number of carbonyl (C=O) groups excluding carboxylic acids is 2. The van der Waals surface area contributed by atoms with E-state index in [4.69, 9.17) is 18.9 Å². The van der Waals surface area contributed by atoms with Crippen molar-refractivity contribution in [2.45, 2.75) is 38.0 Å². The van der Waals surface area contributed by atoms with E-state index in [2.05, 4.69) is 0 Å². The molecular weight excluding hydrogens is 432 g/mol. The quantitative estimate of drug-likeness (QED) is 0.309. The maximum atomic E-state index is 12.9. The zero-order chi connectivity index (χ0) is 23.9. The first-order chi connectivity index (χ1) is 16.6. The lowest BCUT2D eigenvalue weighted by atomic mass is 9.83. The second-order valence-corrected chi connectivity index (χ2v) is 8.28. The minimum atomic E-state index is -0.477. The van der Waals surface area contributed by atoms with Crippen LogP contribution in [0.3, 0.4) is 0 Å². The molecule has 1 aliphatic rings. The molecule has 0 radical (unpaired) electrons. The van der Waals surface area contributed by atoms with E-state index >= 15 is 0 Å². The van der Waals surface area contributed by atoms with Gasteiger partial charge in [0.2, 0.25) is 0 Å². The first-order valence-electron chi connectivity index (χ1n) is 11.4. The minimum Gasteiger partial charge on any atom is -0.497 e. The van der Waals surface area contributed by atoms with Crippen LogP contribution >= 0.6 is 0 Å². The van der Waals surface area contributed by atoms with E-state index in [1.165, 1.54) is 6.42 Å². The fourth-order valence-electron chi connectivity index (χ4n) is 4.24.